The fourth-order valence-corrected chi connectivity index (χ4v) is 5.00. The van der Waals surface area contributed by atoms with E-state index in [4.69, 9.17) is 14.2 Å². The summed E-state index contributed by atoms with van der Waals surface area (Å²) in [6.07, 6.45) is 2.16. The Labute approximate surface area is 187 Å². The van der Waals surface area contributed by atoms with E-state index in [1.54, 1.807) is 21.3 Å². The van der Waals surface area contributed by atoms with Crippen molar-refractivity contribution in [1.29, 1.82) is 0 Å². The molecule has 5 rings (SSSR count). The number of carbonyl (C=O) groups excluding carboxylic acids is 1. The van der Waals surface area contributed by atoms with Gasteiger partial charge in [0.25, 0.3) is 0 Å². The van der Waals surface area contributed by atoms with Gasteiger partial charge in [0.2, 0.25) is 0 Å². The maximum Gasteiger partial charge on any atom is 0.196 e. The second kappa shape index (κ2) is 7.98. The molecule has 7 heteroatoms. The number of aliphatic imine (C=N–C) groups is 1. The number of Topliss-reactive ketones (excluding diaryl/α,β-unsaturated/α-hetero) is 1. The summed E-state index contributed by atoms with van der Waals surface area (Å²) in [4.78, 5) is 20.8. The van der Waals surface area contributed by atoms with Crippen LogP contribution in [0, 0.1) is 0 Å². The Hall–Kier alpha value is -3.32. The summed E-state index contributed by atoms with van der Waals surface area (Å²) in [5.74, 6) is 2.00. The molecular weight excluding hydrogens is 406 g/mol. The molecule has 7 nitrogen and oxygen atoms in total. The molecule has 3 heterocycles. The van der Waals surface area contributed by atoms with Crippen LogP contribution in [0.3, 0.4) is 0 Å². The molecule has 166 valence electrons. The van der Waals surface area contributed by atoms with Crippen LogP contribution >= 0.6 is 0 Å². The summed E-state index contributed by atoms with van der Waals surface area (Å²) in [6, 6.07) is 13.8. The number of benzene rings is 2. The van der Waals surface area contributed by atoms with E-state index in [0.717, 1.165) is 23.5 Å². The fraction of sp³-hybridized carbons (Fsp3) is 0.360. The minimum absolute atomic E-state index is 0.0508. The number of carbonyl (C=O) groups is 1. The Morgan fingerprint density at radius 3 is 2.50 bits per heavy atom. The smallest absolute Gasteiger partial charge is 0.196 e. The van der Waals surface area contributed by atoms with Gasteiger partial charge in [-0.05, 0) is 24.5 Å². The number of hydrogen-bond acceptors (Lipinski definition) is 6. The lowest BCUT2D eigenvalue weighted by Gasteiger charge is -2.40. The number of nitrogens with zero attached hydrogens (tertiary/aromatic N) is 2. The average Bonchev–Trinajstić information content (AvgIpc) is 3.36. The highest BCUT2D eigenvalue weighted by Crippen LogP contribution is 2.45. The maximum absolute atomic E-state index is 14.1. The first kappa shape index (κ1) is 20.6. The summed E-state index contributed by atoms with van der Waals surface area (Å²) in [6.45, 7) is 0.965. The molecule has 2 fully saturated rings. The Kier molecular flexibility index (Phi) is 5.13. The number of para-hydroxylation sites is 1. The number of ketones is 1. The van der Waals surface area contributed by atoms with Crippen LogP contribution in [0.2, 0.25) is 0 Å². The van der Waals surface area contributed by atoms with Crippen molar-refractivity contribution in [3.05, 3.63) is 59.3 Å². The average molecular weight is 434 g/mol. The molecular formula is C25H27N3O4. The number of amidine groups is 1. The molecule has 1 N–H and O–H groups in total. The van der Waals surface area contributed by atoms with E-state index in [1.807, 2.05) is 41.3 Å². The lowest BCUT2D eigenvalue weighted by Crippen LogP contribution is -2.55. The van der Waals surface area contributed by atoms with Crippen LogP contribution in [0.5, 0.6) is 11.5 Å². The summed E-state index contributed by atoms with van der Waals surface area (Å²) in [5, 5.41) is 3.47. The second-order valence-corrected chi connectivity index (χ2v) is 8.28. The minimum atomic E-state index is -0.844. The van der Waals surface area contributed by atoms with Gasteiger partial charge in [-0.2, -0.15) is 0 Å². The standard InChI is InChI=1S/C25H27N3O4/c1-26-24-22(21-11-16-7-4-5-8-20(16)27-21)23(29)25(9-6-10-32-15-25)28(24)17-12-18(30-2)14-19(13-17)31-3/h4-5,7-8,12-14,27H,6,9-11,15H2,1-3H3. The number of methoxy groups -OCH3 is 2. The van der Waals surface area contributed by atoms with Crippen LogP contribution < -0.4 is 19.7 Å². The Morgan fingerprint density at radius 2 is 1.88 bits per heavy atom. The van der Waals surface area contributed by atoms with E-state index in [-0.39, 0.29) is 5.78 Å². The van der Waals surface area contributed by atoms with E-state index < -0.39 is 5.54 Å². The van der Waals surface area contributed by atoms with Crippen molar-refractivity contribution >= 4 is 23.0 Å². The fourth-order valence-electron chi connectivity index (χ4n) is 5.00. The zero-order valence-corrected chi connectivity index (χ0v) is 18.6. The first-order chi connectivity index (χ1) is 15.6. The third-order valence-corrected chi connectivity index (χ3v) is 6.51. The summed E-state index contributed by atoms with van der Waals surface area (Å²) in [7, 11) is 4.97. The van der Waals surface area contributed by atoms with E-state index in [2.05, 4.69) is 16.4 Å². The molecule has 0 radical (unpaired) electrons. The molecule has 3 aliphatic heterocycles. The van der Waals surface area contributed by atoms with E-state index >= 15 is 0 Å². The highest BCUT2D eigenvalue weighted by Gasteiger charge is 2.57. The topological polar surface area (TPSA) is 72.4 Å². The number of rotatable bonds is 3. The molecule has 0 aromatic heterocycles. The van der Waals surface area contributed by atoms with Crippen LogP contribution in [-0.4, -0.2) is 51.6 Å². The number of hydrogen-bond donors (Lipinski definition) is 1. The minimum Gasteiger partial charge on any atom is -0.497 e. The molecule has 0 bridgehead atoms. The van der Waals surface area contributed by atoms with Crippen molar-refractivity contribution in [2.75, 3.05) is 44.7 Å². The predicted molar refractivity (Wildman–Crippen MR) is 124 cm³/mol. The van der Waals surface area contributed by atoms with Gasteiger partial charge in [0, 0.05) is 49.7 Å². The lowest BCUT2D eigenvalue weighted by molar-refractivity contribution is -0.123. The predicted octanol–water partition coefficient (Wildman–Crippen LogP) is 3.59. The van der Waals surface area contributed by atoms with Gasteiger partial charge in [0.1, 0.15) is 22.9 Å². The Bertz CT molecular complexity index is 1080. The monoisotopic (exact) mass is 433 g/mol. The molecule has 2 aromatic carbocycles. The molecule has 1 unspecified atom stereocenters. The molecule has 2 saturated heterocycles. The van der Waals surface area contributed by atoms with Crippen molar-refractivity contribution in [2.24, 2.45) is 4.99 Å². The number of allylic oxidation sites excluding steroid dienone is 1. The quantitative estimate of drug-likeness (QED) is 0.746. The molecule has 2 aromatic rings. The zero-order valence-electron chi connectivity index (χ0n) is 18.6. The van der Waals surface area contributed by atoms with E-state index in [0.29, 0.717) is 49.0 Å². The molecule has 0 saturated carbocycles. The molecule has 32 heavy (non-hydrogen) atoms. The summed E-state index contributed by atoms with van der Waals surface area (Å²) < 4.78 is 16.9. The van der Waals surface area contributed by atoms with Gasteiger partial charge >= 0.3 is 0 Å². The van der Waals surface area contributed by atoms with E-state index in [9.17, 15) is 4.79 Å². The third-order valence-electron chi connectivity index (χ3n) is 6.51. The third kappa shape index (κ3) is 3.07. The van der Waals surface area contributed by atoms with Gasteiger partial charge in [0.05, 0.1) is 32.1 Å². The number of nitrogens with one attached hydrogen (secondary N) is 1. The molecule has 3 aliphatic rings. The molecule has 1 spiro atoms. The van der Waals surface area contributed by atoms with Crippen LogP contribution in [0.1, 0.15) is 18.4 Å². The first-order valence-electron chi connectivity index (χ1n) is 10.8. The van der Waals surface area contributed by atoms with Crippen molar-refractivity contribution in [2.45, 2.75) is 24.8 Å². The molecule has 1 atom stereocenters. The highest BCUT2D eigenvalue weighted by molar-refractivity contribution is 6.38. The number of ether oxygens (including phenoxy) is 3. The number of fused-ring (bicyclic) bond motifs is 1. The second-order valence-electron chi connectivity index (χ2n) is 8.28. The number of anilines is 2. The Morgan fingerprint density at radius 1 is 1.12 bits per heavy atom. The highest BCUT2D eigenvalue weighted by atomic mass is 16.5. The van der Waals surface area contributed by atoms with Gasteiger partial charge in [0.15, 0.2) is 5.78 Å². The SMILES string of the molecule is CN=C1C(=C2Cc3ccccc3N2)C(=O)C2(CCCOC2)N1c1cc(OC)cc(OC)c1. The van der Waals surface area contributed by atoms with Crippen molar-refractivity contribution < 1.29 is 19.0 Å². The van der Waals surface area contributed by atoms with Gasteiger partial charge in [-0.25, -0.2) is 0 Å². The summed E-state index contributed by atoms with van der Waals surface area (Å²) >= 11 is 0. The molecule has 0 amide bonds. The maximum atomic E-state index is 14.1. The van der Waals surface area contributed by atoms with Crippen molar-refractivity contribution in [3.63, 3.8) is 0 Å². The van der Waals surface area contributed by atoms with Crippen LogP contribution in [-0.2, 0) is 16.0 Å². The Balaban J connectivity index is 1.69. The van der Waals surface area contributed by atoms with Gasteiger partial charge in [-0.3, -0.25) is 9.79 Å². The van der Waals surface area contributed by atoms with Crippen LogP contribution in [0.15, 0.2) is 58.7 Å². The van der Waals surface area contributed by atoms with Gasteiger partial charge in [-0.15, -0.1) is 0 Å². The van der Waals surface area contributed by atoms with Crippen molar-refractivity contribution in [1.82, 2.24) is 0 Å². The largest absolute Gasteiger partial charge is 0.497 e. The summed E-state index contributed by atoms with van der Waals surface area (Å²) in [5.41, 5.74) is 3.69. The van der Waals surface area contributed by atoms with Crippen molar-refractivity contribution in [3.8, 4) is 11.5 Å². The molecule has 0 aliphatic carbocycles. The van der Waals surface area contributed by atoms with Gasteiger partial charge < -0.3 is 24.4 Å². The van der Waals surface area contributed by atoms with Crippen LogP contribution in [0.25, 0.3) is 0 Å². The van der Waals surface area contributed by atoms with E-state index in [1.165, 1.54) is 5.56 Å². The normalized spacial score (nSPS) is 25.9. The lowest BCUT2D eigenvalue weighted by atomic mass is 9.86. The zero-order chi connectivity index (χ0) is 22.3. The first-order valence-corrected chi connectivity index (χ1v) is 10.8. The van der Waals surface area contributed by atoms with Gasteiger partial charge in [-0.1, -0.05) is 18.2 Å². The van der Waals surface area contributed by atoms with Crippen LogP contribution in [0.4, 0.5) is 11.4 Å².